The molecular formula is C10H14IN3O2. The van der Waals surface area contributed by atoms with Crippen LogP contribution in [-0.4, -0.2) is 34.9 Å². The molecule has 0 aromatic carbocycles. The third kappa shape index (κ3) is 2.73. The monoisotopic (exact) mass is 335 g/mol. The number of aryl methyl sites for hydroxylation is 1. The Morgan fingerprint density at radius 1 is 1.81 bits per heavy atom. The lowest BCUT2D eigenvalue weighted by atomic mass is 10.2. The molecule has 1 saturated heterocycles. The summed E-state index contributed by atoms with van der Waals surface area (Å²) < 4.78 is 7.94. The van der Waals surface area contributed by atoms with Crippen LogP contribution >= 0.6 is 22.6 Å². The highest BCUT2D eigenvalue weighted by Crippen LogP contribution is 2.12. The Balaban J connectivity index is 1.90. The van der Waals surface area contributed by atoms with Crippen molar-refractivity contribution in [1.29, 1.82) is 0 Å². The maximum atomic E-state index is 11.8. The lowest BCUT2D eigenvalue weighted by Crippen LogP contribution is -2.32. The topological polar surface area (TPSA) is 56.2 Å². The average molecular weight is 335 g/mol. The van der Waals surface area contributed by atoms with E-state index in [9.17, 15) is 4.79 Å². The number of nitrogens with one attached hydrogen (secondary N) is 1. The maximum Gasteiger partial charge on any atom is 0.272 e. The van der Waals surface area contributed by atoms with Crippen LogP contribution in [0.3, 0.4) is 0 Å². The number of hydrogen-bond donors (Lipinski definition) is 1. The van der Waals surface area contributed by atoms with E-state index >= 15 is 0 Å². The van der Waals surface area contributed by atoms with Crippen molar-refractivity contribution in [2.24, 2.45) is 7.05 Å². The van der Waals surface area contributed by atoms with Gasteiger partial charge in [-0.25, -0.2) is 0 Å². The van der Waals surface area contributed by atoms with E-state index in [1.807, 2.05) is 6.20 Å². The molecule has 16 heavy (non-hydrogen) atoms. The van der Waals surface area contributed by atoms with E-state index in [1.54, 1.807) is 11.7 Å². The van der Waals surface area contributed by atoms with Crippen LogP contribution in [0.2, 0.25) is 0 Å². The van der Waals surface area contributed by atoms with Crippen molar-refractivity contribution in [3.63, 3.8) is 0 Å². The van der Waals surface area contributed by atoms with Gasteiger partial charge < -0.3 is 10.1 Å². The molecule has 1 aliphatic heterocycles. The third-order valence-corrected chi connectivity index (χ3v) is 3.30. The van der Waals surface area contributed by atoms with Gasteiger partial charge >= 0.3 is 0 Å². The third-order valence-electron chi connectivity index (χ3n) is 2.51. The molecule has 0 spiro atoms. The van der Waals surface area contributed by atoms with Crippen LogP contribution in [0.5, 0.6) is 0 Å². The minimum absolute atomic E-state index is 0.125. The van der Waals surface area contributed by atoms with Gasteiger partial charge in [-0.2, -0.15) is 5.10 Å². The number of aromatic nitrogens is 2. The summed E-state index contributed by atoms with van der Waals surface area (Å²) in [6, 6.07) is 0. The molecule has 2 heterocycles. The Labute approximate surface area is 108 Å². The number of carbonyl (C=O) groups is 1. The quantitative estimate of drug-likeness (QED) is 0.837. The predicted octanol–water partition coefficient (Wildman–Crippen LogP) is 0.933. The molecular weight excluding hydrogens is 321 g/mol. The van der Waals surface area contributed by atoms with Crippen molar-refractivity contribution in [3.05, 3.63) is 15.5 Å². The molecule has 1 unspecified atom stereocenters. The standard InChI is InChI=1S/C10H14IN3O2/c1-14-6-8(11)9(13-14)10(15)12-5-7-3-2-4-16-7/h6-7H,2-5H2,1H3,(H,12,15). The molecule has 5 nitrogen and oxygen atoms in total. The van der Waals surface area contributed by atoms with Gasteiger partial charge in [0, 0.05) is 26.4 Å². The maximum absolute atomic E-state index is 11.8. The summed E-state index contributed by atoms with van der Waals surface area (Å²) in [6.45, 7) is 1.38. The fraction of sp³-hybridized carbons (Fsp3) is 0.600. The Hall–Kier alpha value is -0.630. The molecule has 0 saturated carbocycles. The van der Waals surface area contributed by atoms with Crippen LogP contribution in [0.4, 0.5) is 0 Å². The summed E-state index contributed by atoms with van der Waals surface area (Å²) in [5, 5.41) is 6.96. The second-order valence-electron chi connectivity index (χ2n) is 3.84. The largest absolute Gasteiger partial charge is 0.376 e. The number of halogens is 1. The number of ether oxygens (including phenoxy) is 1. The smallest absolute Gasteiger partial charge is 0.272 e. The van der Waals surface area contributed by atoms with E-state index < -0.39 is 0 Å². The van der Waals surface area contributed by atoms with Gasteiger partial charge in [0.05, 0.1) is 9.67 Å². The molecule has 0 radical (unpaired) electrons. The Kier molecular flexibility index (Phi) is 3.80. The fourth-order valence-electron chi connectivity index (χ4n) is 1.71. The molecule has 1 atom stereocenters. The first-order chi connectivity index (χ1) is 7.66. The van der Waals surface area contributed by atoms with Gasteiger partial charge in [0.2, 0.25) is 0 Å². The normalized spacial score (nSPS) is 20.0. The molecule has 1 amide bonds. The summed E-state index contributed by atoms with van der Waals surface area (Å²) in [5.74, 6) is -0.125. The summed E-state index contributed by atoms with van der Waals surface area (Å²) in [7, 11) is 1.80. The van der Waals surface area contributed by atoms with Crippen molar-refractivity contribution < 1.29 is 9.53 Å². The Morgan fingerprint density at radius 3 is 3.19 bits per heavy atom. The molecule has 1 aromatic heterocycles. The van der Waals surface area contributed by atoms with Crippen LogP contribution in [0.1, 0.15) is 23.3 Å². The van der Waals surface area contributed by atoms with E-state index in [4.69, 9.17) is 4.74 Å². The van der Waals surface area contributed by atoms with Crippen molar-refractivity contribution in [1.82, 2.24) is 15.1 Å². The molecule has 1 aliphatic rings. The van der Waals surface area contributed by atoms with Crippen LogP contribution in [0.25, 0.3) is 0 Å². The van der Waals surface area contributed by atoms with Crippen LogP contribution in [0.15, 0.2) is 6.20 Å². The molecule has 88 valence electrons. The number of nitrogens with zero attached hydrogens (tertiary/aromatic N) is 2. The number of amides is 1. The van der Waals surface area contributed by atoms with E-state index in [0.717, 1.165) is 23.0 Å². The number of carbonyl (C=O) groups excluding carboxylic acids is 1. The Morgan fingerprint density at radius 2 is 2.62 bits per heavy atom. The van der Waals surface area contributed by atoms with Gasteiger partial charge in [0.15, 0.2) is 5.69 Å². The molecule has 1 N–H and O–H groups in total. The molecule has 6 heteroatoms. The zero-order chi connectivity index (χ0) is 11.5. The number of rotatable bonds is 3. The zero-order valence-corrected chi connectivity index (χ0v) is 11.2. The van der Waals surface area contributed by atoms with Crippen molar-refractivity contribution in [2.45, 2.75) is 18.9 Å². The molecule has 0 aliphatic carbocycles. The summed E-state index contributed by atoms with van der Waals surface area (Å²) in [4.78, 5) is 11.8. The lowest BCUT2D eigenvalue weighted by Gasteiger charge is -2.09. The van der Waals surface area contributed by atoms with Gasteiger partial charge in [-0.05, 0) is 35.4 Å². The van der Waals surface area contributed by atoms with E-state index in [2.05, 4.69) is 33.0 Å². The van der Waals surface area contributed by atoms with Gasteiger partial charge in [-0.15, -0.1) is 0 Å². The molecule has 1 fully saturated rings. The SMILES string of the molecule is Cn1cc(I)c(C(=O)NCC2CCCO2)n1. The van der Waals surface area contributed by atoms with E-state index in [-0.39, 0.29) is 12.0 Å². The minimum atomic E-state index is -0.125. The Bertz CT molecular complexity index is 385. The molecule has 2 rings (SSSR count). The number of hydrogen-bond acceptors (Lipinski definition) is 3. The summed E-state index contributed by atoms with van der Waals surface area (Å²) in [6.07, 6.45) is 4.10. The minimum Gasteiger partial charge on any atom is -0.376 e. The van der Waals surface area contributed by atoms with Crippen molar-refractivity contribution >= 4 is 28.5 Å². The summed E-state index contributed by atoms with van der Waals surface area (Å²) >= 11 is 2.11. The lowest BCUT2D eigenvalue weighted by molar-refractivity contribution is 0.0852. The van der Waals surface area contributed by atoms with Crippen LogP contribution < -0.4 is 5.32 Å². The van der Waals surface area contributed by atoms with Gasteiger partial charge in [0.25, 0.3) is 5.91 Å². The van der Waals surface area contributed by atoms with Gasteiger partial charge in [-0.3, -0.25) is 9.48 Å². The molecule has 0 bridgehead atoms. The highest BCUT2D eigenvalue weighted by molar-refractivity contribution is 14.1. The second kappa shape index (κ2) is 5.13. The van der Waals surface area contributed by atoms with Crippen LogP contribution in [0, 0.1) is 3.57 Å². The van der Waals surface area contributed by atoms with Crippen LogP contribution in [-0.2, 0) is 11.8 Å². The first-order valence-corrected chi connectivity index (χ1v) is 6.33. The second-order valence-corrected chi connectivity index (χ2v) is 5.01. The van der Waals surface area contributed by atoms with Gasteiger partial charge in [-0.1, -0.05) is 0 Å². The first-order valence-electron chi connectivity index (χ1n) is 5.26. The van der Waals surface area contributed by atoms with Crippen molar-refractivity contribution in [2.75, 3.05) is 13.2 Å². The highest BCUT2D eigenvalue weighted by Gasteiger charge is 2.19. The van der Waals surface area contributed by atoms with E-state index in [0.29, 0.717) is 12.2 Å². The van der Waals surface area contributed by atoms with Gasteiger partial charge in [0.1, 0.15) is 0 Å². The molecule has 1 aromatic rings. The fourth-order valence-corrected chi connectivity index (χ4v) is 2.46. The van der Waals surface area contributed by atoms with E-state index in [1.165, 1.54) is 0 Å². The summed E-state index contributed by atoms with van der Waals surface area (Å²) in [5.41, 5.74) is 0.487. The first kappa shape index (κ1) is 11.8. The average Bonchev–Trinajstić information content (AvgIpc) is 2.84. The highest BCUT2D eigenvalue weighted by atomic mass is 127. The zero-order valence-electron chi connectivity index (χ0n) is 9.07. The van der Waals surface area contributed by atoms with Crippen molar-refractivity contribution in [3.8, 4) is 0 Å². The predicted molar refractivity (Wildman–Crippen MR) is 67.2 cm³/mol.